The molecule has 114 valence electrons. The first-order valence-electron chi connectivity index (χ1n) is 6.94. The highest BCUT2D eigenvalue weighted by Gasteiger charge is 2.42. The number of piperidine rings is 1. The first kappa shape index (κ1) is 15.4. The molecule has 1 aromatic heterocycles. The molecule has 0 saturated carbocycles. The number of likely N-dealkylation sites (tertiary alicyclic amines) is 1. The van der Waals surface area contributed by atoms with Gasteiger partial charge < -0.3 is 5.11 Å². The highest BCUT2D eigenvalue weighted by molar-refractivity contribution is 5.91. The molecule has 1 unspecified atom stereocenters. The molecule has 2 heterocycles. The normalized spacial score (nSPS) is 21.7. The standard InChI is InChI=1S/C14H20N4O3/c1-14(2)5-3-8-18(11(14)12(20)21)9-10(19)17-13-15-6-4-7-16-13/h4,6-7,11H,3,5,8-9H2,1-2H3,(H,20,21)(H,15,16,17,19). The Labute approximate surface area is 123 Å². The summed E-state index contributed by atoms with van der Waals surface area (Å²) in [5, 5.41) is 12.0. The summed E-state index contributed by atoms with van der Waals surface area (Å²) < 4.78 is 0. The van der Waals surface area contributed by atoms with Crippen LogP contribution < -0.4 is 5.32 Å². The number of carboxylic acids is 1. The second kappa shape index (κ2) is 6.17. The molecule has 1 aliphatic rings. The predicted octanol–water partition coefficient (Wildman–Crippen LogP) is 0.990. The first-order chi connectivity index (χ1) is 9.90. The van der Waals surface area contributed by atoms with Gasteiger partial charge in [-0.15, -0.1) is 0 Å². The predicted molar refractivity (Wildman–Crippen MR) is 76.7 cm³/mol. The first-order valence-corrected chi connectivity index (χ1v) is 6.94. The van der Waals surface area contributed by atoms with Gasteiger partial charge in [-0.05, 0) is 30.9 Å². The average Bonchev–Trinajstić information content (AvgIpc) is 2.38. The zero-order valence-electron chi connectivity index (χ0n) is 12.2. The minimum Gasteiger partial charge on any atom is -0.480 e. The highest BCUT2D eigenvalue weighted by Crippen LogP contribution is 2.35. The molecular formula is C14H20N4O3. The van der Waals surface area contributed by atoms with Gasteiger partial charge in [-0.25, -0.2) is 9.97 Å². The molecule has 7 heteroatoms. The van der Waals surface area contributed by atoms with Crippen molar-refractivity contribution >= 4 is 17.8 Å². The Morgan fingerprint density at radius 1 is 1.43 bits per heavy atom. The van der Waals surface area contributed by atoms with Crippen molar-refractivity contribution in [3.8, 4) is 0 Å². The van der Waals surface area contributed by atoms with Gasteiger partial charge in [0.05, 0.1) is 6.54 Å². The molecule has 1 atom stereocenters. The van der Waals surface area contributed by atoms with Crippen molar-refractivity contribution in [2.45, 2.75) is 32.7 Å². The Balaban J connectivity index is 2.03. The summed E-state index contributed by atoms with van der Waals surface area (Å²) in [7, 11) is 0. The largest absolute Gasteiger partial charge is 0.480 e. The van der Waals surface area contributed by atoms with Gasteiger partial charge in [-0.3, -0.25) is 19.8 Å². The molecule has 21 heavy (non-hydrogen) atoms. The van der Waals surface area contributed by atoms with Crippen molar-refractivity contribution in [3.63, 3.8) is 0 Å². The minimum atomic E-state index is -0.886. The van der Waals surface area contributed by atoms with Crippen molar-refractivity contribution in [1.82, 2.24) is 14.9 Å². The molecule has 0 aromatic carbocycles. The van der Waals surface area contributed by atoms with Gasteiger partial charge in [0.2, 0.25) is 11.9 Å². The number of aliphatic carboxylic acids is 1. The maximum absolute atomic E-state index is 12.0. The summed E-state index contributed by atoms with van der Waals surface area (Å²) in [6.45, 7) is 4.48. The van der Waals surface area contributed by atoms with Crippen LogP contribution in [-0.2, 0) is 9.59 Å². The second-order valence-corrected chi connectivity index (χ2v) is 5.92. The third-order valence-electron chi connectivity index (χ3n) is 3.77. The zero-order valence-corrected chi connectivity index (χ0v) is 12.2. The minimum absolute atomic E-state index is 0.0264. The van der Waals surface area contributed by atoms with E-state index in [0.29, 0.717) is 6.54 Å². The maximum atomic E-state index is 12.0. The van der Waals surface area contributed by atoms with Gasteiger partial charge in [0.25, 0.3) is 0 Å². The Bertz CT molecular complexity index is 518. The average molecular weight is 292 g/mol. The SMILES string of the molecule is CC1(C)CCCN(CC(=O)Nc2ncccn2)C1C(=O)O. The van der Waals surface area contributed by atoms with E-state index in [1.165, 1.54) is 12.4 Å². The molecule has 1 saturated heterocycles. The summed E-state index contributed by atoms with van der Waals surface area (Å²) in [5.74, 6) is -0.959. The third kappa shape index (κ3) is 3.75. The van der Waals surface area contributed by atoms with Crippen LogP contribution in [0, 0.1) is 5.41 Å². The molecular weight excluding hydrogens is 272 g/mol. The summed E-state index contributed by atoms with van der Waals surface area (Å²) in [4.78, 5) is 33.1. The van der Waals surface area contributed by atoms with E-state index < -0.39 is 12.0 Å². The van der Waals surface area contributed by atoms with Gasteiger partial charge in [0.15, 0.2) is 0 Å². The summed E-state index contributed by atoms with van der Waals surface area (Å²) in [6, 6.07) is 0.997. The second-order valence-electron chi connectivity index (χ2n) is 5.92. The van der Waals surface area contributed by atoms with Crippen LogP contribution in [0.1, 0.15) is 26.7 Å². The van der Waals surface area contributed by atoms with Crippen LogP contribution in [0.4, 0.5) is 5.95 Å². The fourth-order valence-electron chi connectivity index (χ4n) is 2.87. The summed E-state index contributed by atoms with van der Waals surface area (Å²) >= 11 is 0. The van der Waals surface area contributed by atoms with E-state index in [0.717, 1.165) is 12.8 Å². The van der Waals surface area contributed by atoms with Gasteiger partial charge in [-0.1, -0.05) is 13.8 Å². The Morgan fingerprint density at radius 2 is 2.10 bits per heavy atom. The van der Waals surface area contributed by atoms with Crippen LogP contribution in [0.15, 0.2) is 18.5 Å². The number of rotatable bonds is 4. The van der Waals surface area contributed by atoms with Gasteiger partial charge in [0, 0.05) is 12.4 Å². The van der Waals surface area contributed by atoms with Crippen LogP contribution in [-0.4, -0.2) is 51.0 Å². The number of nitrogens with one attached hydrogen (secondary N) is 1. The van der Waals surface area contributed by atoms with Gasteiger partial charge >= 0.3 is 5.97 Å². The summed E-state index contributed by atoms with van der Waals surface area (Å²) in [5.41, 5.74) is -0.354. The third-order valence-corrected chi connectivity index (χ3v) is 3.77. The smallest absolute Gasteiger partial charge is 0.321 e. The molecule has 7 nitrogen and oxygen atoms in total. The fraction of sp³-hybridized carbons (Fsp3) is 0.571. The lowest BCUT2D eigenvalue weighted by molar-refractivity contribution is -0.151. The highest BCUT2D eigenvalue weighted by atomic mass is 16.4. The molecule has 0 spiro atoms. The number of amides is 1. The van der Waals surface area contributed by atoms with Crippen molar-refractivity contribution in [2.75, 3.05) is 18.4 Å². The molecule has 1 fully saturated rings. The van der Waals surface area contributed by atoms with Crippen LogP contribution in [0.2, 0.25) is 0 Å². The van der Waals surface area contributed by atoms with E-state index in [1.807, 2.05) is 13.8 Å². The van der Waals surface area contributed by atoms with E-state index in [1.54, 1.807) is 11.0 Å². The lowest BCUT2D eigenvalue weighted by Gasteiger charge is -2.43. The van der Waals surface area contributed by atoms with Crippen LogP contribution in [0.25, 0.3) is 0 Å². The number of nitrogens with zero attached hydrogens (tertiary/aromatic N) is 3. The number of hydrogen-bond donors (Lipinski definition) is 2. The number of carboxylic acid groups (broad SMARTS) is 1. The monoisotopic (exact) mass is 292 g/mol. The summed E-state index contributed by atoms with van der Waals surface area (Å²) in [6.07, 6.45) is 4.79. The molecule has 1 amide bonds. The van der Waals surface area contributed by atoms with Crippen molar-refractivity contribution in [2.24, 2.45) is 5.41 Å². The number of anilines is 1. The number of carbonyl (C=O) groups excluding carboxylic acids is 1. The molecule has 0 bridgehead atoms. The molecule has 0 radical (unpaired) electrons. The zero-order chi connectivity index (χ0) is 15.5. The topological polar surface area (TPSA) is 95.4 Å². The Kier molecular flexibility index (Phi) is 4.52. The van der Waals surface area contributed by atoms with Crippen molar-refractivity contribution in [3.05, 3.63) is 18.5 Å². The Morgan fingerprint density at radius 3 is 2.71 bits per heavy atom. The van der Waals surface area contributed by atoms with Crippen LogP contribution >= 0.6 is 0 Å². The van der Waals surface area contributed by atoms with Crippen LogP contribution in [0.5, 0.6) is 0 Å². The van der Waals surface area contributed by atoms with E-state index in [2.05, 4.69) is 15.3 Å². The Hall–Kier alpha value is -2.02. The quantitative estimate of drug-likeness (QED) is 0.859. The van der Waals surface area contributed by atoms with Gasteiger partial charge in [-0.2, -0.15) is 0 Å². The van der Waals surface area contributed by atoms with Crippen molar-refractivity contribution < 1.29 is 14.7 Å². The number of carbonyl (C=O) groups is 2. The fourth-order valence-corrected chi connectivity index (χ4v) is 2.87. The number of hydrogen-bond acceptors (Lipinski definition) is 5. The molecule has 2 N–H and O–H groups in total. The maximum Gasteiger partial charge on any atom is 0.321 e. The van der Waals surface area contributed by atoms with Crippen molar-refractivity contribution in [1.29, 1.82) is 0 Å². The molecule has 2 rings (SSSR count). The van der Waals surface area contributed by atoms with E-state index in [-0.39, 0.29) is 23.8 Å². The van der Waals surface area contributed by atoms with Crippen LogP contribution in [0.3, 0.4) is 0 Å². The van der Waals surface area contributed by atoms with Gasteiger partial charge in [0.1, 0.15) is 6.04 Å². The molecule has 1 aliphatic heterocycles. The lowest BCUT2D eigenvalue weighted by Crippen LogP contribution is -2.56. The van der Waals surface area contributed by atoms with E-state index in [9.17, 15) is 14.7 Å². The number of aromatic nitrogens is 2. The molecule has 1 aromatic rings. The van der Waals surface area contributed by atoms with E-state index >= 15 is 0 Å². The lowest BCUT2D eigenvalue weighted by atomic mass is 9.76. The molecule has 0 aliphatic carbocycles. The van der Waals surface area contributed by atoms with E-state index in [4.69, 9.17) is 0 Å².